The Morgan fingerprint density at radius 3 is 2.44 bits per heavy atom. The van der Waals surface area contributed by atoms with Gasteiger partial charge in [-0.15, -0.1) is 24.0 Å². The fourth-order valence-corrected chi connectivity index (χ4v) is 2.47. The third-order valence-electron chi connectivity index (χ3n) is 3.68. The van der Waals surface area contributed by atoms with Gasteiger partial charge in [0, 0.05) is 23.9 Å². The summed E-state index contributed by atoms with van der Waals surface area (Å²) in [6.45, 7) is 0.885. The SMILES string of the molecule is COc1ccc(NC(N)=NCc2ccc(F)c(CN(C)C)c2)cc1OC.I. The maximum Gasteiger partial charge on any atom is 0.193 e. The van der Waals surface area contributed by atoms with Crippen LogP contribution >= 0.6 is 24.0 Å². The first-order valence-corrected chi connectivity index (χ1v) is 8.14. The van der Waals surface area contributed by atoms with E-state index in [-0.39, 0.29) is 35.8 Å². The normalized spacial score (nSPS) is 11.1. The summed E-state index contributed by atoms with van der Waals surface area (Å²) in [5, 5.41) is 3.01. The van der Waals surface area contributed by atoms with Crippen molar-refractivity contribution < 1.29 is 13.9 Å². The number of hydrogen-bond acceptors (Lipinski definition) is 4. The molecule has 0 atom stereocenters. The van der Waals surface area contributed by atoms with E-state index in [1.807, 2.05) is 31.1 Å². The van der Waals surface area contributed by atoms with Crippen molar-refractivity contribution in [2.75, 3.05) is 33.6 Å². The average molecular weight is 488 g/mol. The van der Waals surface area contributed by atoms with E-state index in [4.69, 9.17) is 15.2 Å². The zero-order chi connectivity index (χ0) is 19.1. The van der Waals surface area contributed by atoms with Crippen molar-refractivity contribution in [1.82, 2.24) is 4.90 Å². The first kappa shape index (κ1) is 23.0. The van der Waals surface area contributed by atoms with Crippen molar-refractivity contribution >= 4 is 35.6 Å². The van der Waals surface area contributed by atoms with Crippen molar-refractivity contribution in [2.24, 2.45) is 10.7 Å². The highest BCUT2D eigenvalue weighted by molar-refractivity contribution is 14.0. The minimum atomic E-state index is -0.220. The summed E-state index contributed by atoms with van der Waals surface area (Å²) < 4.78 is 24.3. The number of hydrogen-bond donors (Lipinski definition) is 2. The number of guanidine groups is 1. The number of methoxy groups -OCH3 is 2. The molecule has 0 aromatic heterocycles. The van der Waals surface area contributed by atoms with Gasteiger partial charge in [0.1, 0.15) is 5.82 Å². The fraction of sp³-hybridized carbons (Fsp3) is 0.316. The number of nitrogens with two attached hydrogens (primary N) is 1. The number of nitrogens with zero attached hydrogens (tertiary/aromatic N) is 2. The molecule has 0 bridgehead atoms. The standard InChI is InChI=1S/C19H25FN4O2.HI/c1-24(2)12-14-9-13(5-7-16(14)20)11-22-19(21)23-15-6-8-17(25-3)18(10-15)26-4;/h5-10H,11-12H2,1-4H3,(H3,21,22,23);1H. The predicted molar refractivity (Wildman–Crippen MR) is 118 cm³/mol. The molecule has 8 heteroatoms. The molecule has 0 spiro atoms. The highest BCUT2D eigenvalue weighted by atomic mass is 127. The maximum atomic E-state index is 13.8. The molecule has 0 aliphatic heterocycles. The van der Waals surface area contributed by atoms with E-state index in [1.54, 1.807) is 32.4 Å². The van der Waals surface area contributed by atoms with Gasteiger partial charge in [0.25, 0.3) is 0 Å². The fourth-order valence-electron chi connectivity index (χ4n) is 2.47. The van der Waals surface area contributed by atoms with E-state index in [9.17, 15) is 4.39 Å². The van der Waals surface area contributed by atoms with Gasteiger partial charge in [-0.1, -0.05) is 6.07 Å². The summed E-state index contributed by atoms with van der Waals surface area (Å²) >= 11 is 0. The second kappa shape index (κ2) is 10.9. The van der Waals surface area contributed by atoms with Crippen molar-refractivity contribution in [2.45, 2.75) is 13.1 Å². The molecule has 0 heterocycles. The number of halogens is 2. The Morgan fingerprint density at radius 2 is 1.81 bits per heavy atom. The van der Waals surface area contributed by atoms with Gasteiger partial charge in [-0.25, -0.2) is 9.38 Å². The lowest BCUT2D eigenvalue weighted by Crippen LogP contribution is -2.22. The molecule has 27 heavy (non-hydrogen) atoms. The van der Waals surface area contributed by atoms with Crippen LogP contribution < -0.4 is 20.5 Å². The number of anilines is 1. The van der Waals surface area contributed by atoms with E-state index in [0.29, 0.717) is 30.2 Å². The molecule has 0 radical (unpaired) electrons. The van der Waals surface area contributed by atoms with Crippen LogP contribution in [0.3, 0.4) is 0 Å². The van der Waals surface area contributed by atoms with Crippen LogP contribution in [0.4, 0.5) is 10.1 Å². The molecule has 6 nitrogen and oxygen atoms in total. The number of nitrogens with one attached hydrogen (secondary N) is 1. The largest absolute Gasteiger partial charge is 0.493 e. The summed E-state index contributed by atoms with van der Waals surface area (Å²) in [6, 6.07) is 10.3. The lowest BCUT2D eigenvalue weighted by Gasteiger charge is -2.12. The predicted octanol–water partition coefficient (Wildman–Crippen LogP) is 3.45. The van der Waals surface area contributed by atoms with Gasteiger partial charge in [0.05, 0.1) is 20.8 Å². The molecule has 0 aliphatic carbocycles. The highest BCUT2D eigenvalue weighted by Gasteiger charge is 2.06. The second-order valence-corrected chi connectivity index (χ2v) is 6.06. The third kappa shape index (κ3) is 6.87. The molecule has 0 unspecified atom stereocenters. The van der Waals surface area contributed by atoms with Crippen LogP contribution in [0.2, 0.25) is 0 Å². The topological polar surface area (TPSA) is 72.1 Å². The Morgan fingerprint density at radius 1 is 1.11 bits per heavy atom. The van der Waals surface area contributed by atoms with Crippen LogP contribution in [-0.4, -0.2) is 39.2 Å². The third-order valence-corrected chi connectivity index (χ3v) is 3.68. The molecule has 148 valence electrons. The van der Waals surface area contributed by atoms with Gasteiger partial charge in [0.2, 0.25) is 0 Å². The zero-order valence-electron chi connectivity index (χ0n) is 16.0. The van der Waals surface area contributed by atoms with Crippen molar-refractivity contribution in [1.29, 1.82) is 0 Å². The lowest BCUT2D eigenvalue weighted by molar-refractivity contribution is 0.355. The van der Waals surface area contributed by atoms with Gasteiger partial charge in [0.15, 0.2) is 17.5 Å². The van der Waals surface area contributed by atoms with Crippen molar-refractivity contribution in [3.63, 3.8) is 0 Å². The summed E-state index contributed by atoms with van der Waals surface area (Å²) in [4.78, 5) is 6.23. The lowest BCUT2D eigenvalue weighted by atomic mass is 10.1. The molecule has 3 N–H and O–H groups in total. The minimum absolute atomic E-state index is 0. The Hall–Kier alpha value is -2.07. The molecule has 0 saturated carbocycles. The van der Waals surface area contributed by atoms with Crippen molar-refractivity contribution in [3.05, 3.63) is 53.3 Å². The Balaban J connectivity index is 0.00000364. The summed E-state index contributed by atoms with van der Waals surface area (Å²) in [6.07, 6.45) is 0. The van der Waals surface area contributed by atoms with E-state index in [0.717, 1.165) is 11.3 Å². The quantitative estimate of drug-likeness (QED) is 0.355. The minimum Gasteiger partial charge on any atom is -0.493 e. The van der Waals surface area contributed by atoms with E-state index in [2.05, 4.69) is 10.3 Å². The Bertz CT molecular complexity index is 784. The van der Waals surface area contributed by atoms with Crippen LogP contribution in [-0.2, 0) is 13.1 Å². The van der Waals surface area contributed by atoms with Gasteiger partial charge in [-0.3, -0.25) is 0 Å². The molecule has 0 fully saturated rings. The first-order valence-electron chi connectivity index (χ1n) is 8.14. The molecule has 2 aromatic rings. The summed E-state index contributed by atoms with van der Waals surface area (Å²) in [7, 11) is 6.94. The van der Waals surface area contributed by atoms with Gasteiger partial charge in [-0.2, -0.15) is 0 Å². The van der Waals surface area contributed by atoms with E-state index in [1.165, 1.54) is 6.07 Å². The van der Waals surface area contributed by atoms with Crippen LogP contribution in [0.25, 0.3) is 0 Å². The second-order valence-electron chi connectivity index (χ2n) is 6.06. The van der Waals surface area contributed by atoms with Crippen molar-refractivity contribution in [3.8, 4) is 11.5 Å². The highest BCUT2D eigenvalue weighted by Crippen LogP contribution is 2.29. The van der Waals surface area contributed by atoms with Crippen LogP contribution in [0.15, 0.2) is 41.4 Å². The van der Waals surface area contributed by atoms with Gasteiger partial charge in [-0.05, 0) is 43.9 Å². The smallest absolute Gasteiger partial charge is 0.193 e. The van der Waals surface area contributed by atoms with Crippen LogP contribution in [0, 0.1) is 5.82 Å². The van der Waals surface area contributed by atoms with E-state index >= 15 is 0 Å². The monoisotopic (exact) mass is 488 g/mol. The van der Waals surface area contributed by atoms with Gasteiger partial charge >= 0.3 is 0 Å². The van der Waals surface area contributed by atoms with E-state index < -0.39 is 0 Å². The number of ether oxygens (including phenoxy) is 2. The van der Waals surface area contributed by atoms with Crippen LogP contribution in [0.1, 0.15) is 11.1 Å². The molecule has 2 aromatic carbocycles. The molecule has 0 amide bonds. The Kier molecular flexibility index (Phi) is 9.30. The number of benzene rings is 2. The molecule has 0 saturated heterocycles. The molecular weight excluding hydrogens is 462 g/mol. The number of aliphatic imine (C=N–C) groups is 1. The molecule has 2 rings (SSSR count). The van der Waals surface area contributed by atoms with Crippen LogP contribution in [0.5, 0.6) is 11.5 Å². The summed E-state index contributed by atoms with van der Waals surface area (Å²) in [5.41, 5.74) is 8.20. The summed E-state index contributed by atoms with van der Waals surface area (Å²) in [5.74, 6) is 1.27. The first-order chi connectivity index (χ1) is 12.4. The molecular formula is C19H26FIN4O2. The average Bonchev–Trinajstić information content (AvgIpc) is 2.61. The maximum absolute atomic E-state index is 13.8. The Labute approximate surface area is 176 Å². The zero-order valence-corrected chi connectivity index (χ0v) is 18.3. The molecule has 0 aliphatic rings. The van der Waals surface area contributed by atoms with Gasteiger partial charge < -0.3 is 25.4 Å². The number of rotatable bonds is 7.